The maximum atomic E-state index is 12.4. The molecule has 0 fully saturated rings. The van der Waals surface area contributed by atoms with Crippen molar-refractivity contribution in [1.82, 2.24) is 0 Å². The van der Waals surface area contributed by atoms with Crippen LogP contribution in [-0.2, 0) is 28.2 Å². The van der Waals surface area contributed by atoms with Crippen molar-refractivity contribution in [2.75, 3.05) is 13.2 Å². The van der Waals surface area contributed by atoms with Gasteiger partial charge in [-0.15, -0.1) is 0 Å². The molecule has 10 heteroatoms. The first kappa shape index (κ1) is 54.7. The molecule has 0 amide bonds. The van der Waals surface area contributed by atoms with Crippen LogP contribution in [0.5, 0.6) is 0 Å². The van der Waals surface area contributed by atoms with Gasteiger partial charge >= 0.3 is 19.8 Å². The Morgan fingerprint density at radius 2 is 0.982 bits per heavy atom. The number of aliphatic hydroxyl groups excluding tert-OH is 1. The lowest BCUT2D eigenvalue weighted by atomic mass is 10.0. The summed E-state index contributed by atoms with van der Waals surface area (Å²) in [6.07, 6.45) is 50.5. The van der Waals surface area contributed by atoms with Crippen molar-refractivity contribution < 1.29 is 43.0 Å². The quantitative estimate of drug-likeness (QED) is 0.0181. The third kappa shape index (κ3) is 44.7. The van der Waals surface area contributed by atoms with Crippen molar-refractivity contribution >= 4 is 19.8 Å². The Labute approximate surface area is 348 Å². The molecule has 0 bridgehead atoms. The van der Waals surface area contributed by atoms with Gasteiger partial charge in [-0.2, -0.15) is 0 Å². The summed E-state index contributed by atoms with van der Waals surface area (Å²) < 4.78 is 26.4. The molecule has 0 aromatic rings. The number of hydrogen-bond donors (Lipinski definition) is 3. The highest BCUT2D eigenvalue weighted by molar-refractivity contribution is 7.46. The van der Waals surface area contributed by atoms with Gasteiger partial charge < -0.3 is 24.4 Å². The van der Waals surface area contributed by atoms with E-state index in [-0.39, 0.29) is 25.6 Å². The number of carbonyl (C=O) groups excluding carboxylic acids is 2. The monoisotopic (exact) mass is 823 g/mol. The Kier molecular flexibility index (Phi) is 40.2. The fourth-order valence-corrected chi connectivity index (χ4v) is 6.55. The maximum absolute atomic E-state index is 12.4. The van der Waals surface area contributed by atoms with Gasteiger partial charge in [-0.25, -0.2) is 4.57 Å². The van der Waals surface area contributed by atoms with Crippen molar-refractivity contribution in [1.29, 1.82) is 0 Å². The van der Waals surface area contributed by atoms with Crippen molar-refractivity contribution in [3.8, 4) is 0 Å². The van der Waals surface area contributed by atoms with Crippen molar-refractivity contribution in [3.63, 3.8) is 0 Å². The van der Waals surface area contributed by atoms with Crippen LogP contribution in [0.2, 0.25) is 0 Å². The first-order valence-electron chi connectivity index (χ1n) is 22.7. The Balaban J connectivity index is 3.95. The number of allylic oxidation sites excluding steroid dienone is 9. The third-order valence-corrected chi connectivity index (χ3v) is 10.2. The largest absolute Gasteiger partial charge is 0.469 e. The molecule has 0 unspecified atom stereocenters. The van der Waals surface area contributed by atoms with E-state index in [9.17, 15) is 19.3 Å². The zero-order valence-corrected chi connectivity index (χ0v) is 37.0. The zero-order valence-electron chi connectivity index (χ0n) is 36.1. The molecule has 0 saturated heterocycles. The lowest BCUT2D eigenvalue weighted by Crippen LogP contribution is -2.29. The van der Waals surface area contributed by atoms with E-state index in [4.69, 9.17) is 19.3 Å². The fraction of sp³-hybridized carbons (Fsp3) is 0.745. The molecule has 0 aromatic carbocycles. The number of phosphoric acid groups is 1. The number of unbranched alkanes of at least 4 members (excludes halogenated alkanes) is 21. The van der Waals surface area contributed by atoms with Gasteiger partial charge in [0.1, 0.15) is 6.61 Å². The van der Waals surface area contributed by atoms with E-state index in [1.165, 1.54) is 116 Å². The summed E-state index contributed by atoms with van der Waals surface area (Å²) >= 11 is 0. The molecular weight excluding hydrogens is 739 g/mol. The van der Waals surface area contributed by atoms with Gasteiger partial charge in [0, 0.05) is 12.8 Å². The van der Waals surface area contributed by atoms with Gasteiger partial charge in [-0.3, -0.25) is 14.1 Å². The molecule has 57 heavy (non-hydrogen) atoms. The van der Waals surface area contributed by atoms with E-state index < -0.39 is 32.5 Å². The number of aliphatic hydroxyl groups is 1. The molecule has 330 valence electrons. The molecule has 0 radical (unpaired) electrons. The average molecular weight is 823 g/mol. The van der Waals surface area contributed by atoms with Gasteiger partial charge in [0.25, 0.3) is 0 Å². The van der Waals surface area contributed by atoms with Gasteiger partial charge in [0.05, 0.1) is 12.7 Å². The molecule has 2 atom stereocenters. The van der Waals surface area contributed by atoms with Crippen LogP contribution >= 0.6 is 7.82 Å². The summed E-state index contributed by atoms with van der Waals surface area (Å²) in [5, 5.41) is 9.46. The van der Waals surface area contributed by atoms with E-state index in [1.54, 1.807) is 6.08 Å². The first-order valence-corrected chi connectivity index (χ1v) is 24.2. The maximum Gasteiger partial charge on any atom is 0.469 e. The summed E-state index contributed by atoms with van der Waals surface area (Å²) in [6, 6.07) is 0. The number of esters is 2. The molecule has 0 aromatic heterocycles. The molecule has 3 N–H and O–H groups in total. The van der Waals surface area contributed by atoms with E-state index in [0.717, 1.165) is 32.1 Å². The highest BCUT2D eigenvalue weighted by Crippen LogP contribution is 2.36. The molecule has 0 aliphatic carbocycles. The van der Waals surface area contributed by atoms with E-state index in [2.05, 4.69) is 35.8 Å². The molecule has 0 saturated carbocycles. The summed E-state index contributed by atoms with van der Waals surface area (Å²) in [6.45, 7) is 3.33. The van der Waals surface area contributed by atoms with Crippen molar-refractivity contribution in [3.05, 3.63) is 60.8 Å². The van der Waals surface area contributed by atoms with Gasteiger partial charge in [0.15, 0.2) is 6.10 Å². The Hall–Kier alpha value is -2.29. The number of ether oxygens (including phenoxy) is 2. The van der Waals surface area contributed by atoms with Crippen LogP contribution in [0, 0.1) is 0 Å². The number of phosphoric ester groups is 1. The normalized spacial score (nSPS) is 13.6. The molecule has 0 rings (SSSR count). The minimum atomic E-state index is -4.78. The lowest BCUT2D eigenvalue weighted by Gasteiger charge is -2.18. The van der Waals surface area contributed by atoms with Crippen molar-refractivity contribution in [2.24, 2.45) is 0 Å². The van der Waals surface area contributed by atoms with Crippen molar-refractivity contribution in [2.45, 2.75) is 212 Å². The van der Waals surface area contributed by atoms with Gasteiger partial charge in [-0.05, 0) is 44.9 Å². The second-order valence-corrected chi connectivity index (χ2v) is 16.4. The average Bonchev–Trinajstić information content (AvgIpc) is 3.18. The highest BCUT2D eigenvalue weighted by atomic mass is 31.2. The Morgan fingerprint density at radius 3 is 1.46 bits per heavy atom. The molecular formula is C47H83O9P. The zero-order chi connectivity index (χ0) is 41.9. The molecule has 0 aliphatic heterocycles. The summed E-state index contributed by atoms with van der Waals surface area (Å²) in [5.74, 6) is -0.968. The molecule has 9 nitrogen and oxygen atoms in total. The van der Waals surface area contributed by atoms with E-state index >= 15 is 0 Å². The fourth-order valence-electron chi connectivity index (χ4n) is 6.19. The minimum absolute atomic E-state index is 0.119. The Bertz CT molecular complexity index is 1120. The Morgan fingerprint density at radius 1 is 0.544 bits per heavy atom. The number of hydrogen-bond acceptors (Lipinski definition) is 7. The SMILES string of the molecule is CCCCCCCCCCCCCCCCCCCCCCCC(=O)OC[C@H](COP(=O)(O)O)OC(=O)CCC/C=C\C/C=C\C/C=C\C/C=C\C=C\[C@H](O)CC. The predicted molar refractivity (Wildman–Crippen MR) is 236 cm³/mol. The second kappa shape index (κ2) is 41.9. The third-order valence-electron chi connectivity index (χ3n) is 9.71. The van der Waals surface area contributed by atoms with Crippen LogP contribution in [0.25, 0.3) is 0 Å². The van der Waals surface area contributed by atoms with Crippen LogP contribution in [0.1, 0.15) is 200 Å². The van der Waals surface area contributed by atoms with Crippen LogP contribution < -0.4 is 0 Å². The van der Waals surface area contributed by atoms with Gasteiger partial charge in [-0.1, -0.05) is 203 Å². The first-order chi connectivity index (χ1) is 27.7. The summed E-state index contributed by atoms with van der Waals surface area (Å²) in [5.41, 5.74) is 0. The minimum Gasteiger partial charge on any atom is -0.462 e. The van der Waals surface area contributed by atoms with Crippen LogP contribution in [0.15, 0.2) is 60.8 Å². The van der Waals surface area contributed by atoms with Gasteiger partial charge in [0.2, 0.25) is 0 Å². The van der Waals surface area contributed by atoms with Crippen LogP contribution in [-0.4, -0.2) is 52.3 Å². The topological polar surface area (TPSA) is 140 Å². The van der Waals surface area contributed by atoms with Crippen LogP contribution in [0.3, 0.4) is 0 Å². The van der Waals surface area contributed by atoms with Crippen LogP contribution in [0.4, 0.5) is 0 Å². The molecule has 0 aliphatic rings. The van der Waals surface area contributed by atoms with E-state index in [0.29, 0.717) is 25.7 Å². The summed E-state index contributed by atoms with van der Waals surface area (Å²) in [7, 11) is -4.78. The predicted octanol–water partition coefficient (Wildman–Crippen LogP) is 13.0. The standard InChI is InChI=1S/C47H83O9P/c1-3-5-6-7-8-9-10-11-12-13-14-15-16-17-18-22-25-28-31-34-37-40-46(49)54-42-45(43-55-57(51,52)53)56-47(50)41-38-35-32-29-26-23-20-19-21-24-27-30-33-36-39-44(48)4-2/h20-21,23-24,29-30,32-33,36,39,44-45,48H,3-19,22,25-28,31,34-35,37-38,40-43H2,1-2H3,(H2,51,52,53)/b23-20-,24-21-,32-29-,33-30-,39-36+/t44-,45-/m1/s1. The smallest absolute Gasteiger partial charge is 0.462 e. The number of carbonyl (C=O) groups is 2. The molecule has 0 spiro atoms. The molecule has 0 heterocycles. The number of rotatable bonds is 41. The highest BCUT2D eigenvalue weighted by Gasteiger charge is 2.22. The summed E-state index contributed by atoms with van der Waals surface area (Å²) in [4.78, 5) is 42.9. The van der Waals surface area contributed by atoms with E-state index in [1.807, 2.05) is 37.3 Å². The second-order valence-electron chi connectivity index (χ2n) is 15.2. The lowest BCUT2D eigenvalue weighted by molar-refractivity contribution is -0.161.